The highest BCUT2D eigenvalue weighted by Crippen LogP contribution is 2.34. The number of pyridine rings is 1. The number of imidazole rings is 1. The molecule has 0 bridgehead atoms. The standard InChI is InChI=1S/C21H20FN5O2/c1-12(28)20-25-17-10-24-19-16(6-8-23-19)18(17)27(20)15-7-9-26(11-15)21(29)13-2-4-14(22)5-3-13/h2-6,8,10,12,15,28H,7,9,11H2,1H3,(H,23,24)/t12-,15?/m1/s1. The molecule has 0 aliphatic carbocycles. The van der Waals surface area contributed by atoms with Gasteiger partial charge in [-0.2, -0.15) is 0 Å². The van der Waals surface area contributed by atoms with Crippen molar-refractivity contribution < 1.29 is 14.3 Å². The van der Waals surface area contributed by atoms with Gasteiger partial charge in [-0.25, -0.2) is 14.4 Å². The molecule has 1 unspecified atom stereocenters. The maximum Gasteiger partial charge on any atom is 0.253 e. The van der Waals surface area contributed by atoms with E-state index in [1.165, 1.54) is 24.3 Å². The second-order valence-electron chi connectivity index (χ2n) is 7.45. The smallest absolute Gasteiger partial charge is 0.253 e. The second kappa shape index (κ2) is 6.66. The van der Waals surface area contributed by atoms with Gasteiger partial charge in [-0.3, -0.25) is 4.79 Å². The van der Waals surface area contributed by atoms with Gasteiger partial charge < -0.3 is 19.6 Å². The number of aliphatic hydroxyl groups is 1. The molecule has 4 heterocycles. The molecular weight excluding hydrogens is 373 g/mol. The van der Waals surface area contributed by atoms with Gasteiger partial charge in [-0.05, 0) is 43.7 Å². The minimum atomic E-state index is -0.752. The lowest BCUT2D eigenvalue weighted by Crippen LogP contribution is -2.29. The molecule has 2 N–H and O–H groups in total. The number of hydrogen-bond acceptors (Lipinski definition) is 4. The van der Waals surface area contributed by atoms with Crippen molar-refractivity contribution in [2.45, 2.75) is 25.5 Å². The number of carbonyl (C=O) groups excluding carboxylic acids is 1. The van der Waals surface area contributed by atoms with E-state index in [9.17, 15) is 14.3 Å². The minimum Gasteiger partial charge on any atom is -0.385 e. The van der Waals surface area contributed by atoms with Crippen LogP contribution in [-0.4, -0.2) is 48.5 Å². The van der Waals surface area contributed by atoms with Crippen molar-refractivity contribution in [2.24, 2.45) is 0 Å². The molecule has 2 atom stereocenters. The number of nitrogens with one attached hydrogen (secondary N) is 1. The fourth-order valence-electron chi connectivity index (χ4n) is 4.19. The van der Waals surface area contributed by atoms with E-state index >= 15 is 0 Å². The van der Waals surface area contributed by atoms with Gasteiger partial charge in [-0.1, -0.05) is 0 Å². The first kappa shape index (κ1) is 17.8. The van der Waals surface area contributed by atoms with Crippen LogP contribution in [0.15, 0.2) is 42.7 Å². The van der Waals surface area contributed by atoms with E-state index in [4.69, 9.17) is 0 Å². The summed E-state index contributed by atoms with van der Waals surface area (Å²) < 4.78 is 15.2. The minimum absolute atomic E-state index is 0.0190. The largest absolute Gasteiger partial charge is 0.385 e. The highest BCUT2D eigenvalue weighted by atomic mass is 19.1. The van der Waals surface area contributed by atoms with Crippen molar-refractivity contribution in [3.63, 3.8) is 0 Å². The molecule has 1 amide bonds. The van der Waals surface area contributed by atoms with Gasteiger partial charge in [0.1, 0.15) is 28.9 Å². The lowest BCUT2D eigenvalue weighted by molar-refractivity contribution is 0.0787. The van der Waals surface area contributed by atoms with Crippen molar-refractivity contribution in [1.29, 1.82) is 0 Å². The average molecular weight is 393 g/mol. The van der Waals surface area contributed by atoms with Gasteiger partial charge in [0.25, 0.3) is 5.91 Å². The van der Waals surface area contributed by atoms with Crippen molar-refractivity contribution in [3.8, 4) is 0 Å². The lowest BCUT2D eigenvalue weighted by atomic mass is 10.2. The number of aromatic nitrogens is 4. The Morgan fingerprint density at radius 2 is 2.10 bits per heavy atom. The Hall–Kier alpha value is -3.26. The maximum atomic E-state index is 13.2. The predicted molar refractivity (Wildman–Crippen MR) is 106 cm³/mol. The summed E-state index contributed by atoms with van der Waals surface area (Å²) in [4.78, 5) is 26.7. The summed E-state index contributed by atoms with van der Waals surface area (Å²) in [6, 6.07) is 7.54. The van der Waals surface area contributed by atoms with Crippen LogP contribution in [0.5, 0.6) is 0 Å². The number of H-pyrrole nitrogens is 1. The van der Waals surface area contributed by atoms with E-state index < -0.39 is 6.10 Å². The summed E-state index contributed by atoms with van der Waals surface area (Å²) in [7, 11) is 0. The molecule has 0 spiro atoms. The molecule has 0 radical (unpaired) electrons. The van der Waals surface area contributed by atoms with Crippen molar-refractivity contribution in [3.05, 3.63) is 59.9 Å². The highest BCUT2D eigenvalue weighted by Gasteiger charge is 2.32. The molecular formula is C21H20FN5O2. The van der Waals surface area contributed by atoms with Crippen molar-refractivity contribution in [2.75, 3.05) is 13.1 Å². The fourth-order valence-corrected chi connectivity index (χ4v) is 4.19. The number of nitrogens with zero attached hydrogens (tertiary/aromatic N) is 4. The molecule has 1 saturated heterocycles. The van der Waals surface area contributed by atoms with Crippen LogP contribution >= 0.6 is 0 Å². The molecule has 1 aromatic carbocycles. The van der Waals surface area contributed by atoms with E-state index in [0.29, 0.717) is 24.5 Å². The Balaban J connectivity index is 1.54. The third-order valence-corrected chi connectivity index (χ3v) is 5.54. The third-order valence-electron chi connectivity index (χ3n) is 5.54. The van der Waals surface area contributed by atoms with Crippen LogP contribution in [0.2, 0.25) is 0 Å². The molecule has 7 nitrogen and oxygen atoms in total. The summed E-state index contributed by atoms with van der Waals surface area (Å²) in [6.07, 6.45) is 3.52. The first-order valence-electron chi connectivity index (χ1n) is 9.60. The Bertz CT molecular complexity index is 1210. The van der Waals surface area contributed by atoms with E-state index in [1.807, 2.05) is 12.3 Å². The first-order chi connectivity index (χ1) is 14.0. The number of aliphatic hydroxyl groups excluding tert-OH is 1. The van der Waals surface area contributed by atoms with Gasteiger partial charge >= 0.3 is 0 Å². The summed E-state index contributed by atoms with van der Waals surface area (Å²) >= 11 is 0. The van der Waals surface area contributed by atoms with Crippen LogP contribution in [0.1, 0.15) is 41.7 Å². The molecule has 1 fully saturated rings. The number of rotatable bonds is 3. The molecule has 3 aromatic heterocycles. The molecule has 148 valence electrons. The Morgan fingerprint density at radius 3 is 2.86 bits per heavy atom. The van der Waals surface area contributed by atoms with Gasteiger partial charge in [0.2, 0.25) is 0 Å². The topological polar surface area (TPSA) is 87.0 Å². The number of carbonyl (C=O) groups is 1. The number of benzene rings is 1. The quantitative estimate of drug-likeness (QED) is 0.560. The molecule has 8 heteroatoms. The molecule has 29 heavy (non-hydrogen) atoms. The fraction of sp³-hybridized carbons (Fsp3) is 0.286. The van der Waals surface area contributed by atoms with Gasteiger partial charge in [0, 0.05) is 30.2 Å². The number of aromatic amines is 1. The monoisotopic (exact) mass is 393 g/mol. The summed E-state index contributed by atoms with van der Waals surface area (Å²) in [6.45, 7) is 2.77. The van der Waals surface area contributed by atoms with Gasteiger partial charge in [-0.15, -0.1) is 0 Å². The second-order valence-corrected chi connectivity index (χ2v) is 7.45. The van der Waals surface area contributed by atoms with Gasteiger partial charge in [0.05, 0.1) is 17.8 Å². The average Bonchev–Trinajstić information content (AvgIpc) is 3.44. The highest BCUT2D eigenvalue weighted by molar-refractivity contribution is 6.01. The summed E-state index contributed by atoms with van der Waals surface area (Å²) in [5.74, 6) is 0.0806. The van der Waals surface area contributed by atoms with Crippen LogP contribution in [0.25, 0.3) is 22.1 Å². The molecule has 0 saturated carbocycles. The number of likely N-dealkylation sites (tertiary alicyclic amines) is 1. The third kappa shape index (κ3) is 2.87. The van der Waals surface area contributed by atoms with Crippen LogP contribution < -0.4 is 0 Å². The van der Waals surface area contributed by atoms with E-state index in [0.717, 1.165) is 28.5 Å². The van der Waals surface area contributed by atoms with Crippen LogP contribution in [-0.2, 0) is 0 Å². The normalized spacial score (nSPS) is 18.0. The SMILES string of the molecule is C[C@@H](O)c1nc2cnc3[nH]ccc3c2n1C1CCN(C(=O)c2ccc(F)cc2)C1. The van der Waals surface area contributed by atoms with Crippen molar-refractivity contribution >= 4 is 28.0 Å². The number of hydrogen-bond donors (Lipinski definition) is 2. The van der Waals surface area contributed by atoms with E-state index in [1.54, 1.807) is 18.0 Å². The van der Waals surface area contributed by atoms with E-state index in [2.05, 4.69) is 19.5 Å². The lowest BCUT2D eigenvalue weighted by Gasteiger charge is -2.20. The van der Waals surface area contributed by atoms with Crippen LogP contribution in [0.3, 0.4) is 0 Å². The Kier molecular flexibility index (Phi) is 4.09. The predicted octanol–water partition coefficient (Wildman–Crippen LogP) is 3.19. The number of amides is 1. The zero-order valence-corrected chi connectivity index (χ0v) is 15.8. The van der Waals surface area contributed by atoms with E-state index in [-0.39, 0.29) is 17.8 Å². The first-order valence-corrected chi connectivity index (χ1v) is 9.60. The Labute approximate surface area is 165 Å². The zero-order valence-electron chi connectivity index (χ0n) is 15.8. The number of fused-ring (bicyclic) bond motifs is 3. The van der Waals surface area contributed by atoms with Gasteiger partial charge in [0.15, 0.2) is 0 Å². The molecule has 4 aromatic rings. The molecule has 1 aliphatic heterocycles. The maximum absolute atomic E-state index is 13.2. The summed E-state index contributed by atoms with van der Waals surface area (Å²) in [5, 5.41) is 11.3. The summed E-state index contributed by atoms with van der Waals surface area (Å²) in [5.41, 5.74) is 2.85. The molecule has 1 aliphatic rings. The van der Waals surface area contributed by atoms with Crippen LogP contribution in [0.4, 0.5) is 4.39 Å². The Morgan fingerprint density at radius 1 is 1.31 bits per heavy atom. The zero-order chi connectivity index (χ0) is 20.1. The number of halogens is 1. The molecule has 5 rings (SSSR count). The van der Waals surface area contributed by atoms with Crippen molar-refractivity contribution in [1.82, 2.24) is 24.4 Å². The van der Waals surface area contributed by atoms with Crippen LogP contribution in [0, 0.1) is 5.82 Å².